The molecule has 2 aliphatic rings. The maximum absolute atomic E-state index is 13.4. The van der Waals surface area contributed by atoms with Crippen molar-refractivity contribution in [1.29, 1.82) is 0 Å². The van der Waals surface area contributed by atoms with E-state index in [-0.39, 0.29) is 38.1 Å². The van der Waals surface area contributed by atoms with Crippen LogP contribution in [-0.2, 0) is 19.1 Å². The van der Waals surface area contributed by atoms with Crippen LogP contribution in [0.1, 0.15) is 43.7 Å². The van der Waals surface area contributed by atoms with E-state index in [0.29, 0.717) is 6.42 Å². The van der Waals surface area contributed by atoms with E-state index in [1.807, 2.05) is 50.2 Å². The Hall–Kier alpha value is -3.39. The summed E-state index contributed by atoms with van der Waals surface area (Å²) in [4.78, 5) is 39.5. The number of aliphatic carboxylic acids is 1. The Morgan fingerprint density at radius 2 is 1.74 bits per heavy atom. The number of fused-ring (bicyclic) bond motifs is 3. The van der Waals surface area contributed by atoms with Gasteiger partial charge in [0.15, 0.2) is 5.54 Å². The summed E-state index contributed by atoms with van der Waals surface area (Å²) in [6, 6.07) is 15.2. The summed E-state index contributed by atoms with van der Waals surface area (Å²) < 4.78 is 10.9. The van der Waals surface area contributed by atoms with Gasteiger partial charge in [-0.1, -0.05) is 68.8 Å². The minimum absolute atomic E-state index is 0.0806. The largest absolute Gasteiger partial charge is 0.479 e. The van der Waals surface area contributed by atoms with Crippen molar-refractivity contribution in [2.75, 3.05) is 26.9 Å². The SMILES string of the molecule is CC[C@H](C)[C@H](NC(=O)OCC1c2ccccc2-c2ccccc21)C(=O)N(C)C1(C(=O)O)CCOC1. The van der Waals surface area contributed by atoms with Gasteiger partial charge in [0, 0.05) is 26.0 Å². The standard InChI is InChI=1S/C27H32N2O6/c1-4-17(2)23(24(30)29(3)27(25(31)32)13-14-34-16-27)28-26(33)35-15-22-20-11-7-5-9-18(20)19-10-6-8-12-21(19)22/h5-12,17,22-23H,4,13-16H2,1-3H3,(H,28,33)(H,31,32)/t17-,23-,27?/m0/s1. The Morgan fingerprint density at radius 3 is 2.26 bits per heavy atom. The number of nitrogens with zero attached hydrogens (tertiary/aromatic N) is 1. The smallest absolute Gasteiger partial charge is 0.407 e. The molecule has 0 radical (unpaired) electrons. The number of benzene rings is 2. The third-order valence-corrected chi connectivity index (χ3v) is 7.47. The normalized spacial score (nSPS) is 20.4. The van der Waals surface area contributed by atoms with Crippen molar-refractivity contribution in [3.63, 3.8) is 0 Å². The van der Waals surface area contributed by atoms with Crippen molar-refractivity contribution in [2.45, 2.75) is 44.2 Å². The molecule has 8 nitrogen and oxygen atoms in total. The Kier molecular flexibility index (Phi) is 7.12. The lowest BCUT2D eigenvalue weighted by molar-refractivity contribution is -0.159. The van der Waals surface area contributed by atoms with Gasteiger partial charge in [0.2, 0.25) is 5.91 Å². The van der Waals surface area contributed by atoms with Crippen molar-refractivity contribution < 1.29 is 29.0 Å². The quantitative estimate of drug-likeness (QED) is 0.598. The summed E-state index contributed by atoms with van der Waals surface area (Å²) in [5, 5.41) is 12.5. The van der Waals surface area contributed by atoms with E-state index < -0.39 is 29.6 Å². The zero-order valence-corrected chi connectivity index (χ0v) is 20.3. The minimum Gasteiger partial charge on any atom is -0.479 e. The van der Waals surface area contributed by atoms with Crippen molar-refractivity contribution in [3.05, 3.63) is 59.7 Å². The van der Waals surface area contributed by atoms with Gasteiger partial charge in [-0.15, -0.1) is 0 Å². The van der Waals surface area contributed by atoms with Gasteiger partial charge in [-0.25, -0.2) is 9.59 Å². The molecule has 1 aliphatic heterocycles. The number of carbonyl (C=O) groups is 3. The average Bonchev–Trinajstić information content (AvgIpc) is 3.49. The van der Waals surface area contributed by atoms with Crippen LogP contribution < -0.4 is 5.32 Å². The van der Waals surface area contributed by atoms with Gasteiger partial charge in [-0.2, -0.15) is 0 Å². The van der Waals surface area contributed by atoms with Gasteiger partial charge in [-0.3, -0.25) is 4.79 Å². The second kappa shape index (κ2) is 10.1. The number of likely N-dealkylation sites (N-methyl/N-ethyl adjacent to an activating group) is 1. The number of amides is 2. The molecule has 1 unspecified atom stereocenters. The fourth-order valence-corrected chi connectivity index (χ4v) is 5.00. The molecule has 0 bridgehead atoms. The molecule has 35 heavy (non-hydrogen) atoms. The summed E-state index contributed by atoms with van der Waals surface area (Å²) in [5.74, 6) is -1.91. The molecule has 3 atom stereocenters. The van der Waals surface area contributed by atoms with Crippen LogP contribution in [0.25, 0.3) is 11.1 Å². The highest BCUT2D eigenvalue weighted by Gasteiger charge is 2.50. The number of rotatable bonds is 8. The minimum atomic E-state index is -1.44. The molecule has 1 fully saturated rings. The first-order valence-corrected chi connectivity index (χ1v) is 12.0. The summed E-state index contributed by atoms with van der Waals surface area (Å²) in [6.07, 6.45) is 0.110. The monoisotopic (exact) mass is 480 g/mol. The summed E-state index contributed by atoms with van der Waals surface area (Å²) in [5.41, 5.74) is 3.01. The van der Waals surface area contributed by atoms with Gasteiger partial charge in [-0.05, 0) is 28.2 Å². The van der Waals surface area contributed by atoms with Gasteiger partial charge in [0.25, 0.3) is 0 Å². The predicted molar refractivity (Wildman–Crippen MR) is 130 cm³/mol. The lowest BCUT2D eigenvalue weighted by atomic mass is 9.92. The predicted octanol–water partition coefficient (Wildman–Crippen LogP) is 3.64. The summed E-state index contributed by atoms with van der Waals surface area (Å²) in [6.45, 7) is 4.07. The maximum Gasteiger partial charge on any atom is 0.407 e. The molecular weight excluding hydrogens is 448 g/mol. The number of carboxylic acid groups (broad SMARTS) is 1. The van der Waals surface area contributed by atoms with Crippen molar-refractivity contribution >= 4 is 18.0 Å². The van der Waals surface area contributed by atoms with Crippen LogP contribution in [0.5, 0.6) is 0 Å². The van der Waals surface area contributed by atoms with Gasteiger partial charge >= 0.3 is 12.1 Å². The number of carbonyl (C=O) groups excluding carboxylic acids is 2. The molecule has 1 aliphatic carbocycles. The number of hydrogen-bond acceptors (Lipinski definition) is 5. The van der Waals surface area contributed by atoms with E-state index >= 15 is 0 Å². The molecule has 2 N–H and O–H groups in total. The number of carboxylic acids is 1. The molecule has 2 amide bonds. The fraction of sp³-hybridized carbons (Fsp3) is 0.444. The molecule has 1 heterocycles. The molecule has 2 aromatic rings. The van der Waals surface area contributed by atoms with E-state index in [0.717, 1.165) is 22.3 Å². The molecule has 1 saturated heterocycles. The fourth-order valence-electron chi connectivity index (χ4n) is 5.00. The lowest BCUT2D eigenvalue weighted by Gasteiger charge is -2.37. The highest BCUT2D eigenvalue weighted by Crippen LogP contribution is 2.44. The van der Waals surface area contributed by atoms with E-state index in [4.69, 9.17) is 9.47 Å². The van der Waals surface area contributed by atoms with E-state index in [9.17, 15) is 19.5 Å². The molecular formula is C27H32N2O6. The molecule has 0 saturated carbocycles. The van der Waals surface area contributed by atoms with Crippen LogP contribution in [0.15, 0.2) is 48.5 Å². The average molecular weight is 481 g/mol. The third kappa shape index (κ3) is 4.50. The first-order chi connectivity index (χ1) is 16.8. The maximum atomic E-state index is 13.4. The molecule has 8 heteroatoms. The Morgan fingerprint density at radius 1 is 1.14 bits per heavy atom. The van der Waals surface area contributed by atoms with E-state index in [2.05, 4.69) is 17.4 Å². The van der Waals surface area contributed by atoms with Crippen LogP contribution in [0, 0.1) is 5.92 Å². The van der Waals surface area contributed by atoms with E-state index in [1.165, 1.54) is 11.9 Å². The molecule has 0 aromatic heterocycles. The number of ether oxygens (including phenoxy) is 2. The second-order valence-electron chi connectivity index (χ2n) is 9.37. The van der Waals surface area contributed by atoms with Crippen molar-refractivity contribution in [1.82, 2.24) is 10.2 Å². The van der Waals surface area contributed by atoms with Crippen LogP contribution in [0.3, 0.4) is 0 Å². The third-order valence-electron chi connectivity index (χ3n) is 7.47. The molecule has 0 spiro atoms. The number of hydrogen-bond donors (Lipinski definition) is 2. The highest BCUT2D eigenvalue weighted by atomic mass is 16.5. The highest BCUT2D eigenvalue weighted by molar-refractivity contribution is 5.91. The Labute approximate surface area is 205 Å². The van der Waals surface area contributed by atoms with Crippen molar-refractivity contribution in [3.8, 4) is 11.1 Å². The zero-order valence-electron chi connectivity index (χ0n) is 20.3. The van der Waals surface area contributed by atoms with Crippen molar-refractivity contribution in [2.24, 2.45) is 5.92 Å². The lowest BCUT2D eigenvalue weighted by Crippen LogP contribution is -2.61. The van der Waals surface area contributed by atoms with Crippen LogP contribution in [0.4, 0.5) is 4.79 Å². The van der Waals surface area contributed by atoms with E-state index in [1.54, 1.807) is 0 Å². The topological polar surface area (TPSA) is 105 Å². The molecule has 4 rings (SSSR count). The molecule has 186 valence electrons. The molecule has 2 aromatic carbocycles. The van der Waals surface area contributed by atoms with Crippen LogP contribution in [-0.4, -0.2) is 66.4 Å². The zero-order chi connectivity index (χ0) is 25.2. The number of nitrogens with one attached hydrogen (secondary N) is 1. The van der Waals surface area contributed by atoms with Gasteiger partial charge in [0.1, 0.15) is 12.6 Å². The van der Waals surface area contributed by atoms with Crippen LogP contribution in [0.2, 0.25) is 0 Å². The second-order valence-corrected chi connectivity index (χ2v) is 9.37. The summed E-state index contributed by atoms with van der Waals surface area (Å²) in [7, 11) is 1.46. The Bertz CT molecular complexity index is 1060. The number of alkyl carbamates (subject to hydrolysis) is 1. The van der Waals surface area contributed by atoms with Gasteiger partial charge in [0.05, 0.1) is 6.61 Å². The van der Waals surface area contributed by atoms with Gasteiger partial charge < -0.3 is 24.8 Å². The first-order valence-electron chi connectivity index (χ1n) is 12.0. The summed E-state index contributed by atoms with van der Waals surface area (Å²) >= 11 is 0. The van der Waals surface area contributed by atoms with Crippen LogP contribution >= 0.6 is 0 Å². The first kappa shape index (κ1) is 24.7. The Balaban J connectivity index is 1.47.